The highest BCUT2D eigenvalue weighted by molar-refractivity contribution is 5.67. The molecule has 4 rings (SSSR count). The molecule has 1 aromatic heterocycles. The lowest BCUT2D eigenvalue weighted by atomic mass is 9.52. The van der Waals surface area contributed by atoms with Crippen LogP contribution in [0.3, 0.4) is 0 Å². The van der Waals surface area contributed by atoms with Crippen LogP contribution in [0.5, 0.6) is 0 Å². The molecular weight excluding hydrogens is 456 g/mol. The predicted octanol–water partition coefficient (Wildman–Crippen LogP) is 4.93. The van der Waals surface area contributed by atoms with Gasteiger partial charge < -0.3 is 24.5 Å². The minimum atomic E-state index is -0.702. The van der Waals surface area contributed by atoms with E-state index in [0.29, 0.717) is 18.4 Å². The summed E-state index contributed by atoms with van der Waals surface area (Å²) in [5.74, 6) is 1.43. The molecule has 0 aliphatic heterocycles. The quantitative estimate of drug-likeness (QED) is 0.593. The smallest absolute Gasteiger partial charge is 0.407 e. The number of carbonyl (C=O) groups excluding carboxylic acids is 1. The second kappa shape index (κ2) is 11.3. The Morgan fingerprint density at radius 3 is 2.64 bits per heavy atom. The second-order valence-corrected chi connectivity index (χ2v) is 12.2. The molecule has 0 radical (unpaired) electrons. The summed E-state index contributed by atoms with van der Waals surface area (Å²) in [7, 11) is 3.97. The molecule has 1 heterocycles. The zero-order valence-electron chi connectivity index (χ0n) is 22.6. The van der Waals surface area contributed by atoms with Crippen molar-refractivity contribution in [2.45, 2.75) is 95.7 Å². The van der Waals surface area contributed by atoms with E-state index in [1.165, 1.54) is 6.07 Å². The Bertz CT molecular complexity index is 927. The van der Waals surface area contributed by atoms with Gasteiger partial charge in [0.15, 0.2) is 0 Å². The van der Waals surface area contributed by atoms with E-state index >= 15 is 0 Å². The summed E-state index contributed by atoms with van der Waals surface area (Å²) in [5.41, 5.74) is -0.195. The molecule has 3 fully saturated rings. The Balaban J connectivity index is 1.43. The van der Waals surface area contributed by atoms with Crippen LogP contribution < -0.4 is 10.9 Å². The lowest BCUT2D eigenvalue weighted by Gasteiger charge is -2.56. The van der Waals surface area contributed by atoms with Crippen molar-refractivity contribution in [2.24, 2.45) is 23.2 Å². The van der Waals surface area contributed by atoms with E-state index in [4.69, 9.17) is 9.15 Å². The first-order valence-electron chi connectivity index (χ1n) is 14.0. The molecule has 7 atom stereocenters. The maximum Gasteiger partial charge on any atom is 0.407 e. The molecule has 0 spiro atoms. The number of fused-ring (bicyclic) bond motifs is 3. The van der Waals surface area contributed by atoms with Crippen LogP contribution in [0.1, 0.15) is 89.5 Å². The number of carbonyl (C=O) groups is 1. The van der Waals surface area contributed by atoms with E-state index in [1.807, 2.05) is 25.1 Å². The van der Waals surface area contributed by atoms with Crippen LogP contribution in [0, 0.1) is 23.2 Å². The van der Waals surface area contributed by atoms with E-state index in [-0.39, 0.29) is 35.1 Å². The molecule has 0 saturated heterocycles. The Kier molecular flexibility index (Phi) is 8.50. The number of hydrogen-bond donors (Lipinski definition) is 2. The Labute approximate surface area is 216 Å². The molecule has 7 heteroatoms. The van der Waals surface area contributed by atoms with E-state index < -0.39 is 5.60 Å². The Morgan fingerprint density at radius 2 is 1.92 bits per heavy atom. The van der Waals surface area contributed by atoms with Crippen LogP contribution in [0.15, 0.2) is 27.6 Å². The first-order valence-corrected chi connectivity index (χ1v) is 14.0. The van der Waals surface area contributed by atoms with Gasteiger partial charge in [-0.1, -0.05) is 20.3 Å². The van der Waals surface area contributed by atoms with Gasteiger partial charge in [0.1, 0.15) is 6.10 Å². The summed E-state index contributed by atoms with van der Waals surface area (Å²) in [6.45, 7) is 5.99. The summed E-state index contributed by atoms with van der Waals surface area (Å²) in [6.07, 6.45) is 10.9. The monoisotopic (exact) mass is 502 g/mol. The Hall–Kier alpha value is -1.86. The van der Waals surface area contributed by atoms with E-state index in [2.05, 4.69) is 19.2 Å². The average Bonchev–Trinajstić information content (AvgIpc) is 3.11. The fourth-order valence-corrected chi connectivity index (χ4v) is 7.76. The molecule has 36 heavy (non-hydrogen) atoms. The molecule has 3 aliphatic carbocycles. The molecule has 3 aliphatic rings. The number of likely N-dealkylation sites (N-methyl/N-ethyl adjacent to an activating group) is 1. The summed E-state index contributed by atoms with van der Waals surface area (Å²) in [5, 5.41) is 15.2. The Morgan fingerprint density at radius 1 is 1.14 bits per heavy atom. The summed E-state index contributed by atoms with van der Waals surface area (Å²) in [4.78, 5) is 25.9. The summed E-state index contributed by atoms with van der Waals surface area (Å²) in [6, 6.07) is 3.40. The van der Waals surface area contributed by atoms with Crippen molar-refractivity contribution in [3.05, 3.63) is 34.4 Å². The minimum absolute atomic E-state index is 0.0381. The van der Waals surface area contributed by atoms with E-state index in [0.717, 1.165) is 76.3 Å². The van der Waals surface area contributed by atoms with E-state index in [1.54, 1.807) is 6.26 Å². The van der Waals surface area contributed by atoms with Crippen LogP contribution in [-0.2, 0) is 4.74 Å². The highest BCUT2D eigenvalue weighted by Crippen LogP contribution is 2.66. The van der Waals surface area contributed by atoms with Crippen LogP contribution in [-0.4, -0.2) is 55.0 Å². The fourth-order valence-electron chi connectivity index (χ4n) is 7.76. The minimum Gasteiger partial charge on any atom is -0.446 e. The van der Waals surface area contributed by atoms with Crippen molar-refractivity contribution in [1.82, 2.24) is 10.2 Å². The SMILES string of the molecule is CC1CCC(OC(=O)NCCN(C)C)CCCCC2C1CCC1(C)C(c3ccc(=O)oc3)CCC21O. The maximum atomic E-state index is 12.4. The number of ether oxygens (including phenoxy) is 1. The highest BCUT2D eigenvalue weighted by atomic mass is 16.6. The maximum absolute atomic E-state index is 12.4. The van der Waals surface area contributed by atoms with Gasteiger partial charge >= 0.3 is 11.7 Å². The third kappa shape index (κ3) is 5.52. The first kappa shape index (κ1) is 27.2. The third-order valence-electron chi connectivity index (χ3n) is 9.89. The van der Waals surface area contributed by atoms with Crippen LogP contribution in [0.4, 0.5) is 4.79 Å². The first-order chi connectivity index (χ1) is 17.1. The van der Waals surface area contributed by atoms with Gasteiger partial charge in [0.2, 0.25) is 0 Å². The summed E-state index contributed by atoms with van der Waals surface area (Å²) >= 11 is 0. The van der Waals surface area contributed by atoms with Gasteiger partial charge in [0.05, 0.1) is 11.9 Å². The molecule has 0 bridgehead atoms. The molecular formula is C29H46N2O5. The standard InChI is InChI=1S/C29H46N2O5/c1-20-9-11-22(36-27(33)30-17-18-31(3)4)7-5-6-8-25-23(20)13-15-28(2)24(14-16-29(25,28)34)21-10-12-26(32)35-19-21/h10,12,19-20,22-25,34H,5-9,11,13-18H2,1-4H3,(H,30,33). The molecule has 7 unspecified atom stereocenters. The van der Waals surface area contributed by atoms with Gasteiger partial charge in [-0.2, -0.15) is 0 Å². The lowest BCUT2D eigenvalue weighted by Crippen LogP contribution is -2.57. The predicted molar refractivity (Wildman–Crippen MR) is 140 cm³/mol. The molecule has 1 amide bonds. The van der Waals surface area contributed by atoms with Gasteiger partial charge in [-0.15, -0.1) is 0 Å². The van der Waals surface area contributed by atoms with Crippen molar-refractivity contribution in [3.8, 4) is 0 Å². The van der Waals surface area contributed by atoms with Crippen LogP contribution >= 0.6 is 0 Å². The zero-order valence-corrected chi connectivity index (χ0v) is 22.6. The molecule has 0 aromatic carbocycles. The van der Waals surface area contributed by atoms with Crippen molar-refractivity contribution in [3.63, 3.8) is 0 Å². The third-order valence-corrected chi connectivity index (χ3v) is 9.89. The molecule has 1 aromatic rings. The van der Waals surface area contributed by atoms with Crippen molar-refractivity contribution < 1.29 is 19.1 Å². The highest BCUT2D eigenvalue weighted by Gasteiger charge is 2.63. The van der Waals surface area contributed by atoms with Crippen molar-refractivity contribution >= 4 is 6.09 Å². The molecule has 202 valence electrons. The lowest BCUT2D eigenvalue weighted by molar-refractivity contribution is -0.162. The molecule has 3 saturated carbocycles. The van der Waals surface area contributed by atoms with Crippen LogP contribution in [0.25, 0.3) is 0 Å². The van der Waals surface area contributed by atoms with Gasteiger partial charge in [0, 0.05) is 24.6 Å². The molecule has 2 N–H and O–H groups in total. The second-order valence-electron chi connectivity index (χ2n) is 12.2. The van der Waals surface area contributed by atoms with Gasteiger partial charge in [-0.25, -0.2) is 9.59 Å². The van der Waals surface area contributed by atoms with E-state index in [9.17, 15) is 14.7 Å². The van der Waals surface area contributed by atoms with Crippen molar-refractivity contribution in [2.75, 3.05) is 27.2 Å². The normalized spacial score (nSPS) is 37.1. The average molecular weight is 503 g/mol. The zero-order chi connectivity index (χ0) is 25.9. The number of hydrogen-bond acceptors (Lipinski definition) is 6. The molecule has 7 nitrogen and oxygen atoms in total. The van der Waals surface area contributed by atoms with Gasteiger partial charge in [-0.3, -0.25) is 0 Å². The number of nitrogens with zero attached hydrogens (tertiary/aromatic N) is 1. The van der Waals surface area contributed by atoms with Crippen LogP contribution in [0.2, 0.25) is 0 Å². The van der Waals surface area contributed by atoms with Gasteiger partial charge in [-0.05, 0) is 107 Å². The van der Waals surface area contributed by atoms with Gasteiger partial charge in [0.25, 0.3) is 0 Å². The van der Waals surface area contributed by atoms with Crippen molar-refractivity contribution in [1.29, 1.82) is 0 Å². The number of rotatable bonds is 5. The topological polar surface area (TPSA) is 92.0 Å². The number of alkyl carbamates (subject to hydrolysis) is 1. The number of amides is 1. The fraction of sp³-hybridized carbons (Fsp3) is 0.793. The summed E-state index contributed by atoms with van der Waals surface area (Å²) < 4.78 is 11.0. The largest absolute Gasteiger partial charge is 0.446 e. The number of aliphatic hydroxyl groups is 1. The number of nitrogens with one attached hydrogen (secondary N) is 1.